The van der Waals surface area contributed by atoms with Crippen molar-refractivity contribution in [3.8, 4) is 5.75 Å². The smallest absolute Gasteiger partial charge is 0.141 e. The standard InChI is InChI=1S/C18H29NO/c1-13(11-14-7-6-8-14)19-16-12-15(18(2,3)4)9-10-17(16)20-5/h9-10,12-14,19H,6-8,11H2,1-5H3. The first-order valence-electron chi connectivity index (χ1n) is 7.85. The molecule has 0 aliphatic heterocycles. The van der Waals surface area contributed by atoms with Gasteiger partial charge in [-0.2, -0.15) is 0 Å². The minimum Gasteiger partial charge on any atom is -0.495 e. The van der Waals surface area contributed by atoms with E-state index in [-0.39, 0.29) is 5.41 Å². The summed E-state index contributed by atoms with van der Waals surface area (Å²) in [5, 5.41) is 3.65. The van der Waals surface area contributed by atoms with Crippen LogP contribution in [0.15, 0.2) is 18.2 Å². The molecule has 2 nitrogen and oxygen atoms in total. The Morgan fingerprint density at radius 1 is 1.30 bits per heavy atom. The molecule has 0 aromatic heterocycles. The lowest BCUT2D eigenvalue weighted by molar-refractivity contribution is 0.285. The summed E-state index contributed by atoms with van der Waals surface area (Å²) in [5.41, 5.74) is 2.64. The monoisotopic (exact) mass is 275 g/mol. The highest BCUT2D eigenvalue weighted by atomic mass is 16.5. The molecule has 1 aromatic rings. The molecular formula is C18H29NO. The number of hydrogen-bond acceptors (Lipinski definition) is 2. The zero-order chi connectivity index (χ0) is 14.8. The van der Waals surface area contributed by atoms with E-state index in [2.05, 4.69) is 51.2 Å². The highest BCUT2D eigenvalue weighted by Gasteiger charge is 2.21. The maximum Gasteiger partial charge on any atom is 0.141 e. The molecule has 1 atom stereocenters. The van der Waals surface area contributed by atoms with Crippen molar-refractivity contribution >= 4 is 5.69 Å². The van der Waals surface area contributed by atoms with E-state index in [1.54, 1.807) is 7.11 Å². The first kappa shape index (κ1) is 15.2. The van der Waals surface area contributed by atoms with Crippen molar-refractivity contribution in [1.29, 1.82) is 0 Å². The van der Waals surface area contributed by atoms with Crippen LogP contribution >= 0.6 is 0 Å². The van der Waals surface area contributed by atoms with Crippen LogP contribution in [-0.2, 0) is 5.41 Å². The summed E-state index contributed by atoms with van der Waals surface area (Å²) in [5.74, 6) is 1.87. The van der Waals surface area contributed by atoms with Crippen LogP contribution in [0.5, 0.6) is 5.75 Å². The largest absolute Gasteiger partial charge is 0.495 e. The summed E-state index contributed by atoms with van der Waals surface area (Å²) in [7, 11) is 1.74. The highest BCUT2D eigenvalue weighted by Crippen LogP contribution is 2.34. The topological polar surface area (TPSA) is 21.3 Å². The molecule has 1 unspecified atom stereocenters. The number of hydrogen-bond donors (Lipinski definition) is 1. The maximum atomic E-state index is 5.50. The Bertz CT molecular complexity index is 443. The molecule has 0 spiro atoms. The Balaban J connectivity index is 2.10. The molecule has 1 aliphatic carbocycles. The Morgan fingerprint density at radius 3 is 2.50 bits per heavy atom. The number of benzene rings is 1. The zero-order valence-electron chi connectivity index (χ0n) is 13.6. The lowest BCUT2D eigenvalue weighted by atomic mass is 9.81. The molecule has 1 N–H and O–H groups in total. The summed E-state index contributed by atoms with van der Waals surface area (Å²) in [6.07, 6.45) is 5.50. The third-order valence-electron chi connectivity index (χ3n) is 4.38. The molecule has 112 valence electrons. The predicted molar refractivity (Wildman–Crippen MR) is 86.7 cm³/mol. The van der Waals surface area contributed by atoms with Gasteiger partial charge in [-0.3, -0.25) is 0 Å². The van der Waals surface area contributed by atoms with Gasteiger partial charge in [0.2, 0.25) is 0 Å². The van der Waals surface area contributed by atoms with Crippen LogP contribution in [0.3, 0.4) is 0 Å². The van der Waals surface area contributed by atoms with E-state index < -0.39 is 0 Å². The van der Waals surface area contributed by atoms with Gasteiger partial charge < -0.3 is 10.1 Å². The summed E-state index contributed by atoms with van der Waals surface area (Å²) in [4.78, 5) is 0. The van der Waals surface area contributed by atoms with Crippen molar-refractivity contribution in [1.82, 2.24) is 0 Å². The van der Waals surface area contributed by atoms with Crippen molar-refractivity contribution in [2.45, 2.75) is 64.8 Å². The lowest BCUT2D eigenvalue weighted by Gasteiger charge is -2.29. The van der Waals surface area contributed by atoms with Gasteiger partial charge in [0.25, 0.3) is 0 Å². The summed E-state index contributed by atoms with van der Waals surface area (Å²) < 4.78 is 5.50. The van der Waals surface area contributed by atoms with Crippen molar-refractivity contribution in [2.75, 3.05) is 12.4 Å². The van der Waals surface area contributed by atoms with E-state index in [4.69, 9.17) is 4.74 Å². The van der Waals surface area contributed by atoms with Crippen LogP contribution in [0.25, 0.3) is 0 Å². The molecule has 1 saturated carbocycles. The van der Waals surface area contributed by atoms with Crippen LogP contribution < -0.4 is 10.1 Å². The van der Waals surface area contributed by atoms with Crippen molar-refractivity contribution in [2.24, 2.45) is 5.92 Å². The second-order valence-corrected chi connectivity index (χ2v) is 7.24. The maximum absolute atomic E-state index is 5.50. The molecular weight excluding hydrogens is 246 g/mol. The van der Waals surface area contributed by atoms with Gasteiger partial charge in [-0.1, -0.05) is 46.1 Å². The lowest BCUT2D eigenvalue weighted by Crippen LogP contribution is -2.23. The molecule has 0 saturated heterocycles. The first-order chi connectivity index (χ1) is 9.40. The predicted octanol–water partition coefficient (Wildman–Crippen LogP) is 4.98. The Labute approximate surface area is 123 Å². The molecule has 2 rings (SSSR count). The van der Waals surface area contributed by atoms with Gasteiger partial charge in [0.15, 0.2) is 0 Å². The molecule has 2 heteroatoms. The van der Waals surface area contributed by atoms with Gasteiger partial charge in [-0.15, -0.1) is 0 Å². The molecule has 0 radical (unpaired) electrons. The summed E-state index contributed by atoms with van der Waals surface area (Å²) in [6.45, 7) is 9.02. The fraction of sp³-hybridized carbons (Fsp3) is 0.667. The van der Waals surface area contributed by atoms with E-state index in [0.717, 1.165) is 17.4 Å². The summed E-state index contributed by atoms with van der Waals surface area (Å²) >= 11 is 0. The molecule has 1 aliphatic rings. The van der Waals surface area contributed by atoms with E-state index >= 15 is 0 Å². The van der Waals surface area contributed by atoms with E-state index in [0.29, 0.717) is 6.04 Å². The molecule has 0 amide bonds. The molecule has 1 aromatic carbocycles. The van der Waals surface area contributed by atoms with Gasteiger partial charge >= 0.3 is 0 Å². The molecule has 20 heavy (non-hydrogen) atoms. The quantitative estimate of drug-likeness (QED) is 0.818. The molecule has 0 bridgehead atoms. The van der Waals surface area contributed by atoms with Crippen LogP contribution in [0.2, 0.25) is 0 Å². The molecule has 0 heterocycles. The number of methoxy groups -OCH3 is 1. The van der Waals surface area contributed by atoms with Crippen molar-refractivity contribution in [3.63, 3.8) is 0 Å². The SMILES string of the molecule is COc1ccc(C(C)(C)C)cc1NC(C)CC1CCC1. The highest BCUT2D eigenvalue weighted by molar-refractivity contribution is 5.59. The number of ether oxygens (including phenoxy) is 1. The van der Waals surface area contributed by atoms with E-state index in [1.807, 2.05) is 0 Å². The zero-order valence-corrected chi connectivity index (χ0v) is 13.6. The van der Waals surface area contributed by atoms with Gasteiger partial charge in [0.05, 0.1) is 12.8 Å². The van der Waals surface area contributed by atoms with Gasteiger partial charge in [0, 0.05) is 6.04 Å². The minimum absolute atomic E-state index is 0.167. The summed E-state index contributed by atoms with van der Waals surface area (Å²) in [6, 6.07) is 7.00. The normalized spacial score (nSPS) is 17.4. The number of nitrogens with one attached hydrogen (secondary N) is 1. The van der Waals surface area contributed by atoms with Gasteiger partial charge in [0.1, 0.15) is 5.75 Å². The van der Waals surface area contributed by atoms with Crippen LogP contribution in [0.4, 0.5) is 5.69 Å². The average molecular weight is 275 g/mol. The Hall–Kier alpha value is -1.18. The fourth-order valence-electron chi connectivity index (χ4n) is 2.84. The Kier molecular flexibility index (Phi) is 4.62. The van der Waals surface area contributed by atoms with Crippen LogP contribution in [0.1, 0.15) is 58.9 Å². The van der Waals surface area contributed by atoms with E-state index in [9.17, 15) is 0 Å². The van der Waals surface area contributed by atoms with Crippen LogP contribution in [-0.4, -0.2) is 13.2 Å². The number of anilines is 1. The second-order valence-electron chi connectivity index (χ2n) is 7.24. The molecule has 1 fully saturated rings. The Morgan fingerprint density at radius 2 is 2.00 bits per heavy atom. The fourth-order valence-corrected chi connectivity index (χ4v) is 2.84. The van der Waals surface area contributed by atoms with Gasteiger partial charge in [-0.25, -0.2) is 0 Å². The van der Waals surface area contributed by atoms with Crippen LogP contribution in [0, 0.1) is 5.92 Å². The van der Waals surface area contributed by atoms with E-state index in [1.165, 1.54) is 31.2 Å². The average Bonchev–Trinajstić information content (AvgIpc) is 2.33. The van der Waals surface area contributed by atoms with Gasteiger partial charge in [-0.05, 0) is 42.4 Å². The number of rotatable bonds is 5. The first-order valence-corrected chi connectivity index (χ1v) is 7.85. The minimum atomic E-state index is 0.167. The third-order valence-corrected chi connectivity index (χ3v) is 4.38. The van der Waals surface area contributed by atoms with Crippen molar-refractivity contribution in [3.05, 3.63) is 23.8 Å². The second kappa shape index (κ2) is 6.07. The third kappa shape index (κ3) is 3.68. The van der Waals surface area contributed by atoms with Crippen molar-refractivity contribution < 1.29 is 4.74 Å².